The summed E-state index contributed by atoms with van der Waals surface area (Å²) in [6, 6.07) is 0. The maximum atomic E-state index is 9.28. The van der Waals surface area contributed by atoms with E-state index >= 15 is 0 Å². The van der Waals surface area contributed by atoms with Gasteiger partial charge in [0.05, 0.1) is 0 Å². The zero-order chi connectivity index (χ0) is 10.2. The van der Waals surface area contributed by atoms with Gasteiger partial charge in [0.2, 0.25) is 0 Å². The van der Waals surface area contributed by atoms with E-state index in [2.05, 4.69) is 20.8 Å². The second-order valence-corrected chi connectivity index (χ2v) is 3.73. The van der Waals surface area contributed by atoms with Crippen LogP contribution in [0.25, 0.3) is 0 Å². The summed E-state index contributed by atoms with van der Waals surface area (Å²) >= 11 is 0. The van der Waals surface area contributed by atoms with Gasteiger partial charge < -0.3 is 9.84 Å². The molecule has 0 heterocycles. The summed E-state index contributed by atoms with van der Waals surface area (Å²) in [6.45, 7) is 8.30. The molecule has 0 radical (unpaired) electrons. The van der Waals surface area contributed by atoms with Gasteiger partial charge in [0.1, 0.15) is 0 Å². The first-order valence-corrected chi connectivity index (χ1v) is 5.43. The fourth-order valence-corrected chi connectivity index (χ4v) is 1.44. The van der Waals surface area contributed by atoms with Gasteiger partial charge in [0, 0.05) is 19.8 Å². The zero-order valence-corrected chi connectivity index (χ0v) is 9.31. The van der Waals surface area contributed by atoms with Crippen molar-refractivity contribution >= 4 is 0 Å². The molecule has 80 valence electrons. The predicted molar refractivity (Wildman–Crippen MR) is 55.8 cm³/mol. The van der Waals surface area contributed by atoms with E-state index in [1.165, 1.54) is 0 Å². The van der Waals surface area contributed by atoms with Crippen molar-refractivity contribution in [3.05, 3.63) is 0 Å². The van der Waals surface area contributed by atoms with Crippen molar-refractivity contribution in [2.45, 2.75) is 46.5 Å². The highest BCUT2D eigenvalue weighted by atomic mass is 16.5. The third-order valence-electron chi connectivity index (χ3n) is 2.96. The Kier molecular flexibility index (Phi) is 7.29. The van der Waals surface area contributed by atoms with Crippen LogP contribution < -0.4 is 0 Å². The van der Waals surface area contributed by atoms with Crippen LogP contribution in [0.2, 0.25) is 0 Å². The predicted octanol–water partition coefficient (Wildman–Crippen LogP) is 2.60. The number of aliphatic hydroxyl groups excluding tert-OH is 1. The van der Waals surface area contributed by atoms with Crippen molar-refractivity contribution in [1.82, 2.24) is 0 Å². The molecule has 0 aliphatic carbocycles. The highest BCUT2D eigenvalue weighted by molar-refractivity contribution is 4.75. The van der Waals surface area contributed by atoms with Crippen LogP contribution in [0.5, 0.6) is 0 Å². The lowest BCUT2D eigenvalue weighted by Gasteiger charge is -2.29. The van der Waals surface area contributed by atoms with Crippen molar-refractivity contribution in [2.24, 2.45) is 5.41 Å². The third-order valence-corrected chi connectivity index (χ3v) is 2.96. The molecule has 0 saturated heterocycles. The molecule has 2 heteroatoms. The number of hydrogen-bond donors (Lipinski definition) is 1. The van der Waals surface area contributed by atoms with Crippen LogP contribution in [-0.2, 0) is 4.74 Å². The smallest absolute Gasteiger partial charge is 0.0488 e. The van der Waals surface area contributed by atoms with Crippen LogP contribution >= 0.6 is 0 Å². The van der Waals surface area contributed by atoms with Gasteiger partial charge in [-0.15, -0.1) is 0 Å². The first-order chi connectivity index (χ1) is 6.24. The Morgan fingerprint density at radius 1 is 1.08 bits per heavy atom. The van der Waals surface area contributed by atoms with E-state index < -0.39 is 0 Å². The Morgan fingerprint density at radius 3 is 2.08 bits per heavy atom. The number of ether oxygens (including phenoxy) is 1. The van der Waals surface area contributed by atoms with Gasteiger partial charge in [0.25, 0.3) is 0 Å². The van der Waals surface area contributed by atoms with E-state index in [0.717, 1.165) is 38.9 Å². The molecule has 0 atom stereocenters. The lowest BCUT2D eigenvalue weighted by molar-refractivity contribution is 0.0514. The average Bonchev–Trinajstić information content (AvgIpc) is 2.20. The Morgan fingerprint density at radius 2 is 1.69 bits per heavy atom. The molecule has 13 heavy (non-hydrogen) atoms. The van der Waals surface area contributed by atoms with E-state index in [1.807, 2.05) is 0 Å². The first kappa shape index (κ1) is 12.9. The summed E-state index contributed by atoms with van der Waals surface area (Å²) < 4.78 is 5.43. The van der Waals surface area contributed by atoms with Gasteiger partial charge in [0.15, 0.2) is 0 Å². The van der Waals surface area contributed by atoms with Crippen LogP contribution in [0.4, 0.5) is 0 Å². The summed E-state index contributed by atoms with van der Waals surface area (Å²) in [4.78, 5) is 0. The molecular weight excluding hydrogens is 164 g/mol. The molecule has 0 spiro atoms. The number of hydrogen-bond acceptors (Lipinski definition) is 2. The SMILES string of the molecule is CCCOCCC(CC)(CC)CO. The minimum absolute atomic E-state index is 0.105. The highest BCUT2D eigenvalue weighted by Gasteiger charge is 2.24. The minimum atomic E-state index is 0.105. The van der Waals surface area contributed by atoms with E-state index in [9.17, 15) is 5.11 Å². The van der Waals surface area contributed by atoms with Gasteiger partial charge in [-0.25, -0.2) is 0 Å². The second kappa shape index (κ2) is 7.34. The molecule has 2 nitrogen and oxygen atoms in total. The summed E-state index contributed by atoms with van der Waals surface area (Å²) in [7, 11) is 0. The molecule has 0 rings (SSSR count). The molecule has 0 aliphatic rings. The fraction of sp³-hybridized carbons (Fsp3) is 1.00. The lowest BCUT2D eigenvalue weighted by atomic mass is 9.80. The maximum Gasteiger partial charge on any atom is 0.0488 e. The zero-order valence-electron chi connectivity index (χ0n) is 9.31. The van der Waals surface area contributed by atoms with Crippen LogP contribution in [0.15, 0.2) is 0 Å². The largest absolute Gasteiger partial charge is 0.396 e. The summed E-state index contributed by atoms with van der Waals surface area (Å²) in [5, 5.41) is 9.28. The third kappa shape index (κ3) is 4.63. The van der Waals surface area contributed by atoms with Crippen molar-refractivity contribution in [2.75, 3.05) is 19.8 Å². The molecule has 0 aromatic heterocycles. The molecule has 0 unspecified atom stereocenters. The fourth-order valence-electron chi connectivity index (χ4n) is 1.44. The van der Waals surface area contributed by atoms with Gasteiger partial charge in [-0.3, -0.25) is 0 Å². The molecular formula is C11H24O2. The molecule has 0 amide bonds. The minimum Gasteiger partial charge on any atom is -0.396 e. The summed E-state index contributed by atoms with van der Waals surface area (Å²) in [6.07, 6.45) is 4.13. The second-order valence-electron chi connectivity index (χ2n) is 3.73. The first-order valence-electron chi connectivity index (χ1n) is 5.43. The molecule has 0 bridgehead atoms. The Hall–Kier alpha value is -0.0800. The van der Waals surface area contributed by atoms with E-state index in [0.29, 0.717) is 0 Å². The molecule has 0 aromatic rings. The number of rotatable bonds is 8. The standard InChI is InChI=1S/C11H24O2/c1-4-8-13-9-7-11(5-2,6-3)10-12/h12H,4-10H2,1-3H3. The monoisotopic (exact) mass is 188 g/mol. The lowest BCUT2D eigenvalue weighted by Crippen LogP contribution is -2.25. The quantitative estimate of drug-likeness (QED) is 0.593. The van der Waals surface area contributed by atoms with Crippen molar-refractivity contribution in [1.29, 1.82) is 0 Å². The summed E-state index contributed by atoms with van der Waals surface area (Å²) in [5.41, 5.74) is 0.105. The molecule has 0 saturated carbocycles. The topological polar surface area (TPSA) is 29.5 Å². The van der Waals surface area contributed by atoms with E-state index in [4.69, 9.17) is 4.74 Å². The van der Waals surface area contributed by atoms with Crippen LogP contribution in [0.3, 0.4) is 0 Å². The highest BCUT2D eigenvalue weighted by Crippen LogP contribution is 2.29. The van der Waals surface area contributed by atoms with Crippen LogP contribution in [-0.4, -0.2) is 24.9 Å². The Labute approximate surface area is 82.3 Å². The van der Waals surface area contributed by atoms with Crippen molar-refractivity contribution in [3.8, 4) is 0 Å². The summed E-state index contributed by atoms with van der Waals surface area (Å²) in [5.74, 6) is 0. The Balaban J connectivity index is 3.68. The van der Waals surface area contributed by atoms with Gasteiger partial charge in [-0.2, -0.15) is 0 Å². The number of aliphatic hydroxyl groups is 1. The molecule has 0 aliphatic heterocycles. The Bertz CT molecular complexity index is 100. The molecule has 1 N–H and O–H groups in total. The van der Waals surface area contributed by atoms with E-state index in [1.54, 1.807) is 0 Å². The average molecular weight is 188 g/mol. The van der Waals surface area contributed by atoms with Crippen LogP contribution in [0, 0.1) is 5.41 Å². The maximum absolute atomic E-state index is 9.28. The van der Waals surface area contributed by atoms with Crippen molar-refractivity contribution in [3.63, 3.8) is 0 Å². The molecule has 0 fully saturated rings. The van der Waals surface area contributed by atoms with Crippen LogP contribution in [0.1, 0.15) is 46.5 Å². The van der Waals surface area contributed by atoms with Gasteiger partial charge in [-0.05, 0) is 31.1 Å². The van der Waals surface area contributed by atoms with Gasteiger partial charge >= 0.3 is 0 Å². The van der Waals surface area contributed by atoms with Crippen molar-refractivity contribution < 1.29 is 9.84 Å². The normalized spacial score (nSPS) is 12.0. The van der Waals surface area contributed by atoms with E-state index in [-0.39, 0.29) is 12.0 Å². The molecule has 0 aromatic carbocycles. The van der Waals surface area contributed by atoms with Gasteiger partial charge in [-0.1, -0.05) is 20.8 Å².